The van der Waals surface area contributed by atoms with E-state index in [-0.39, 0.29) is 18.3 Å². The Bertz CT molecular complexity index is 569. The van der Waals surface area contributed by atoms with E-state index in [1.807, 2.05) is 49.4 Å². The van der Waals surface area contributed by atoms with Crippen LogP contribution in [0.4, 0.5) is 0 Å². The molecule has 3 nitrogen and oxygen atoms in total. The van der Waals surface area contributed by atoms with Gasteiger partial charge < -0.3 is 11.1 Å². The standard InChI is InChI=1S/C18H22N2O.ClH/c1-14-9-11-16(12-10-14)17(19)18(21)20-13-5-8-15-6-3-2-4-7-15;/h2-4,6-7,9-12,17H,5,8,13,19H2,1H3,(H,20,21);1H. The van der Waals surface area contributed by atoms with Gasteiger partial charge in [0.2, 0.25) is 5.91 Å². The summed E-state index contributed by atoms with van der Waals surface area (Å²) in [5.41, 5.74) is 9.27. The molecule has 1 unspecified atom stereocenters. The zero-order valence-electron chi connectivity index (χ0n) is 12.8. The molecule has 22 heavy (non-hydrogen) atoms. The van der Waals surface area contributed by atoms with Gasteiger partial charge in [-0.25, -0.2) is 0 Å². The summed E-state index contributed by atoms with van der Waals surface area (Å²) in [7, 11) is 0. The van der Waals surface area contributed by atoms with Crippen LogP contribution in [0.5, 0.6) is 0 Å². The van der Waals surface area contributed by atoms with E-state index in [0.29, 0.717) is 6.54 Å². The minimum Gasteiger partial charge on any atom is -0.354 e. The lowest BCUT2D eigenvalue weighted by atomic mass is 10.1. The second kappa shape index (κ2) is 9.23. The Labute approximate surface area is 138 Å². The first-order chi connectivity index (χ1) is 10.2. The SMILES string of the molecule is Cc1ccc(C(N)C(=O)NCCCc2ccccc2)cc1.Cl. The van der Waals surface area contributed by atoms with Gasteiger partial charge in [-0.1, -0.05) is 60.2 Å². The number of hydrogen-bond donors (Lipinski definition) is 2. The van der Waals surface area contributed by atoms with Crippen LogP contribution in [0.2, 0.25) is 0 Å². The zero-order chi connectivity index (χ0) is 15.1. The number of halogens is 1. The second-order valence-corrected chi connectivity index (χ2v) is 5.27. The van der Waals surface area contributed by atoms with Crippen molar-refractivity contribution in [3.63, 3.8) is 0 Å². The number of amides is 1. The third-order valence-corrected chi connectivity index (χ3v) is 3.50. The summed E-state index contributed by atoms with van der Waals surface area (Å²) in [6.07, 6.45) is 1.87. The van der Waals surface area contributed by atoms with E-state index in [1.165, 1.54) is 5.56 Å². The highest BCUT2D eigenvalue weighted by atomic mass is 35.5. The molecule has 0 aliphatic heterocycles. The first-order valence-corrected chi connectivity index (χ1v) is 7.30. The highest BCUT2D eigenvalue weighted by molar-refractivity contribution is 5.85. The van der Waals surface area contributed by atoms with Crippen LogP contribution in [0.25, 0.3) is 0 Å². The fourth-order valence-corrected chi connectivity index (χ4v) is 2.18. The molecule has 2 aromatic rings. The normalized spacial score (nSPS) is 11.4. The average molecular weight is 319 g/mol. The third-order valence-electron chi connectivity index (χ3n) is 3.50. The smallest absolute Gasteiger partial charge is 0.241 e. The molecule has 2 aromatic carbocycles. The number of hydrogen-bond acceptors (Lipinski definition) is 2. The number of nitrogens with one attached hydrogen (secondary N) is 1. The molecule has 0 bridgehead atoms. The van der Waals surface area contributed by atoms with Crippen molar-refractivity contribution < 1.29 is 4.79 Å². The molecular formula is C18H23ClN2O. The second-order valence-electron chi connectivity index (χ2n) is 5.27. The van der Waals surface area contributed by atoms with Gasteiger partial charge in [0.1, 0.15) is 6.04 Å². The van der Waals surface area contributed by atoms with E-state index >= 15 is 0 Å². The summed E-state index contributed by atoms with van der Waals surface area (Å²) in [4.78, 5) is 12.0. The molecule has 0 aromatic heterocycles. The lowest BCUT2D eigenvalue weighted by Crippen LogP contribution is -2.34. The van der Waals surface area contributed by atoms with Gasteiger partial charge in [-0.05, 0) is 30.9 Å². The highest BCUT2D eigenvalue weighted by Crippen LogP contribution is 2.11. The fraction of sp³-hybridized carbons (Fsp3) is 0.278. The van der Waals surface area contributed by atoms with Gasteiger partial charge in [-0.2, -0.15) is 0 Å². The summed E-state index contributed by atoms with van der Waals surface area (Å²) >= 11 is 0. The van der Waals surface area contributed by atoms with Crippen molar-refractivity contribution in [2.24, 2.45) is 5.73 Å². The Morgan fingerprint density at radius 2 is 1.73 bits per heavy atom. The third kappa shape index (κ3) is 5.51. The summed E-state index contributed by atoms with van der Waals surface area (Å²) in [6, 6.07) is 17.4. The van der Waals surface area contributed by atoms with Gasteiger partial charge in [-0.15, -0.1) is 12.4 Å². The lowest BCUT2D eigenvalue weighted by molar-refractivity contribution is -0.122. The van der Waals surface area contributed by atoms with Crippen molar-refractivity contribution in [2.45, 2.75) is 25.8 Å². The number of rotatable bonds is 6. The molecule has 0 aliphatic rings. The molecule has 0 radical (unpaired) electrons. The fourth-order valence-electron chi connectivity index (χ4n) is 2.18. The van der Waals surface area contributed by atoms with E-state index in [1.54, 1.807) is 0 Å². The molecule has 4 heteroatoms. The largest absolute Gasteiger partial charge is 0.354 e. The molecule has 0 saturated heterocycles. The molecule has 0 fully saturated rings. The number of carbonyl (C=O) groups excluding carboxylic acids is 1. The Morgan fingerprint density at radius 1 is 1.09 bits per heavy atom. The minimum absolute atomic E-state index is 0. The topological polar surface area (TPSA) is 55.1 Å². The van der Waals surface area contributed by atoms with Crippen LogP contribution in [-0.2, 0) is 11.2 Å². The highest BCUT2D eigenvalue weighted by Gasteiger charge is 2.14. The van der Waals surface area contributed by atoms with Crippen molar-refractivity contribution >= 4 is 18.3 Å². The summed E-state index contributed by atoms with van der Waals surface area (Å²) in [5, 5.41) is 2.90. The number of aryl methyl sites for hydroxylation is 2. The van der Waals surface area contributed by atoms with Crippen LogP contribution in [-0.4, -0.2) is 12.5 Å². The molecule has 2 rings (SSSR count). The van der Waals surface area contributed by atoms with Gasteiger partial charge in [-0.3, -0.25) is 4.79 Å². The predicted octanol–water partition coefficient (Wildman–Crippen LogP) is 3.17. The Balaban J connectivity index is 0.00000242. The number of carbonyl (C=O) groups is 1. The van der Waals surface area contributed by atoms with Crippen LogP contribution in [0, 0.1) is 6.92 Å². The van der Waals surface area contributed by atoms with Crippen LogP contribution in [0.3, 0.4) is 0 Å². The molecule has 1 atom stereocenters. The Kier molecular flexibility index (Phi) is 7.64. The van der Waals surface area contributed by atoms with Crippen LogP contribution in [0.15, 0.2) is 54.6 Å². The molecule has 0 saturated carbocycles. The molecule has 0 heterocycles. The van der Waals surface area contributed by atoms with E-state index in [4.69, 9.17) is 5.73 Å². The number of benzene rings is 2. The molecule has 118 valence electrons. The molecule has 3 N–H and O–H groups in total. The maximum absolute atomic E-state index is 12.0. The lowest BCUT2D eigenvalue weighted by Gasteiger charge is -2.13. The maximum Gasteiger partial charge on any atom is 0.241 e. The van der Waals surface area contributed by atoms with Gasteiger partial charge in [0.25, 0.3) is 0 Å². The van der Waals surface area contributed by atoms with Crippen LogP contribution in [0.1, 0.15) is 29.2 Å². The van der Waals surface area contributed by atoms with Crippen molar-refractivity contribution in [3.05, 3.63) is 71.3 Å². The number of nitrogens with two attached hydrogens (primary N) is 1. The monoisotopic (exact) mass is 318 g/mol. The molecule has 1 amide bonds. The summed E-state index contributed by atoms with van der Waals surface area (Å²) in [5.74, 6) is -0.119. The van der Waals surface area contributed by atoms with Crippen LogP contribution < -0.4 is 11.1 Å². The van der Waals surface area contributed by atoms with Crippen molar-refractivity contribution in [1.29, 1.82) is 0 Å². The van der Waals surface area contributed by atoms with E-state index < -0.39 is 6.04 Å². The Hall–Kier alpha value is -1.84. The van der Waals surface area contributed by atoms with Crippen molar-refractivity contribution in [1.82, 2.24) is 5.32 Å². The Morgan fingerprint density at radius 3 is 2.36 bits per heavy atom. The van der Waals surface area contributed by atoms with Gasteiger partial charge in [0.15, 0.2) is 0 Å². The van der Waals surface area contributed by atoms with Gasteiger partial charge in [0.05, 0.1) is 0 Å². The average Bonchev–Trinajstić information content (AvgIpc) is 2.52. The summed E-state index contributed by atoms with van der Waals surface area (Å²) in [6.45, 7) is 2.66. The quantitative estimate of drug-likeness (QED) is 0.804. The van der Waals surface area contributed by atoms with E-state index in [0.717, 1.165) is 24.0 Å². The summed E-state index contributed by atoms with van der Waals surface area (Å²) < 4.78 is 0. The van der Waals surface area contributed by atoms with E-state index in [2.05, 4.69) is 17.4 Å². The molecular weight excluding hydrogens is 296 g/mol. The first-order valence-electron chi connectivity index (χ1n) is 7.30. The van der Waals surface area contributed by atoms with Gasteiger partial charge >= 0.3 is 0 Å². The first kappa shape index (κ1) is 18.2. The molecule has 0 spiro atoms. The van der Waals surface area contributed by atoms with Gasteiger partial charge in [0, 0.05) is 6.54 Å². The van der Waals surface area contributed by atoms with E-state index in [9.17, 15) is 4.79 Å². The predicted molar refractivity (Wildman–Crippen MR) is 93.1 cm³/mol. The minimum atomic E-state index is -0.595. The molecule has 0 aliphatic carbocycles. The van der Waals surface area contributed by atoms with Crippen molar-refractivity contribution in [3.8, 4) is 0 Å². The maximum atomic E-state index is 12.0. The van der Waals surface area contributed by atoms with Crippen LogP contribution >= 0.6 is 12.4 Å². The van der Waals surface area contributed by atoms with Crippen molar-refractivity contribution in [2.75, 3.05) is 6.54 Å². The zero-order valence-corrected chi connectivity index (χ0v) is 13.6.